The molecule has 0 aliphatic heterocycles. The predicted molar refractivity (Wildman–Crippen MR) is 149 cm³/mol. The molecule has 2 unspecified atom stereocenters. The van der Waals surface area contributed by atoms with Crippen LogP contribution in [0.2, 0.25) is 16.6 Å². The molecule has 2 aromatic rings. The number of hydrogen-bond acceptors (Lipinski definition) is 1. The Labute approximate surface area is 209 Å². The average molecular weight is 471 g/mol. The van der Waals surface area contributed by atoms with Gasteiger partial charge in [-0.25, -0.2) is 0 Å². The zero-order chi connectivity index (χ0) is 24.5. The first-order valence-corrected chi connectivity index (χ1v) is 15.4. The summed E-state index contributed by atoms with van der Waals surface area (Å²) in [6, 6.07) is 19.9. The van der Waals surface area contributed by atoms with Crippen molar-refractivity contribution in [1.29, 1.82) is 0 Å². The summed E-state index contributed by atoms with van der Waals surface area (Å²) in [5, 5.41) is 0. The van der Waals surface area contributed by atoms with Gasteiger partial charge in [0, 0.05) is 18.9 Å². The molecule has 0 aromatic heterocycles. The zero-order valence-corrected chi connectivity index (χ0v) is 23.1. The highest BCUT2D eigenvalue weighted by Crippen LogP contribution is 2.61. The Bertz CT molecular complexity index is 1050. The molecule has 2 heteroatoms. The normalized spacial score (nSPS) is 24.0. The topological polar surface area (TPSA) is 9.23 Å². The van der Waals surface area contributed by atoms with Gasteiger partial charge in [0.15, 0.2) is 0 Å². The first kappa shape index (κ1) is 25.0. The maximum Gasteiger partial charge on any atom is 0.145 e. The average Bonchev–Trinajstić information content (AvgIpc) is 3.36. The van der Waals surface area contributed by atoms with E-state index in [9.17, 15) is 0 Å². The first-order valence-electron chi connectivity index (χ1n) is 13.2. The van der Waals surface area contributed by atoms with Crippen LogP contribution in [0.25, 0.3) is 6.08 Å². The van der Waals surface area contributed by atoms with E-state index in [0.717, 1.165) is 0 Å². The lowest BCUT2D eigenvalue weighted by Gasteiger charge is -2.39. The maximum absolute atomic E-state index is 5.78. The summed E-state index contributed by atoms with van der Waals surface area (Å²) in [4.78, 5) is 0. The number of ether oxygens (including phenoxy) is 1. The second-order valence-electron chi connectivity index (χ2n) is 11.4. The van der Waals surface area contributed by atoms with E-state index in [-0.39, 0.29) is 0 Å². The minimum atomic E-state index is -1.78. The molecule has 1 saturated carbocycles. The summed E-state index contributed by atoms with van der Waals surface area (Å²) >= 11 is 0. The van der Waals surface area contributed by atoms with Crippen LogP contribution in [-0.2, 0) is 4.74 Å². The number of fused-ring (bicyclic) bond motifs is 5. The van der Waals surface area contributed by atoms with Crippen molar-refractivity contribution in [1.82, 2.24) is 0 Å². The van der Waals surface area contributed by atoms with Crippen molar-refractivity contribution in [2.24, 2.45) is 11.8 Å². The molecular weight excluding hydrogens is 428 g/mol. The molecule has 180 valence electrons. The van der Waals surface area contributed by atoms with Crippen molar-refractivity contribution < 1.29 is 4.74 Å². The highest BCUT2D eigenvalue weighted by molar-refractivity contribution is 6.90. The highest BCUT2D eigenvalue weighted by Gasteiger charge is 2.51. The third-order valence-corrected chi connectivity index (χ3v) is 15.1. The second kappa shape index (κ2) is 10.3. The molecule has 4 rings (SSSR count). The van der Waals surface area contributed by atoms with Crippen LogP contribution in [0.3, 0.4) is 0 Å². The number of methoxy groups -OCH3 is 1. The van der Waals surface area contributed by atoms with Crippen LogP contribution in [0.15, 0.2) is 60.2 Å². The molecule has 4 atom stereocenters. The van der Waals surface area contributed by atoms with E-state index in [4.69, 9.17) is 4.74 Å². The summed E-state index contributed by atoms with van der Waals surface area (Å²) in [6.45, 7) is 15.2. The maximum atomic E-state index is 5.78. The summed E-state index contributed by atoms with van der Waals surface area (Å²) in [5.41, 5.74) is 11.8. The third-order valence-electron chi connectivity index (χ3n) is 8.77. The Morgan fingerprint density at radius 1 is 0.882 bits per heavy atom. The number of benzene rings is 2. The van der Waals surface area contributed by atoms with Gasteiger partial charge in [-0.3, -0.25) is 0 Å². The van der Waals surface area contributed by atoms with Gasteiger partial charge in [0.05, 0.1) is 6.61 Å². The van der Waals surface area contributed by atoms with Crippen molar-refractivity contribution in [2.45, 2.75) is 76.4 Å². The fourth-order valence-electron chi connectivity index (χ4n) is 7.38. The van der Waals surface area contributed by atoms with Gasteiger partial charge in [0.2, 0.25) is 0 Å². The van der Waals surface area contributed by atoms with E-state index in [1.54, 1.807) is 11.1 Å². The molecule has 0 amide bonds. The lowest BCUT2D eigenvalue weighted by molar-refractivity contribution is 0.211. The quantitative estimate of drug-likeness (QED) is 0.291. The van der Waals surface area contributed by atoms with Crippen molar-refractivity contribution in [3.05, 3.63) is 76.9 Å². The van der Waals surface area contributed by atoms with Crippen LogP contribution < -0.4 is 0 Å². The van der Waals surface area contributed by atoms with Crippen LogP contribution in [-0.4, -0.2) is 21.8 Å². The summed E-state index contributed by atoms with van der Waals surface area (Å²) in [5.74, 6) is 5.90. The van der Waals surface area contributed by atoms with E-state index in [1.165, 1.54) is 17.6 Å². The minimum absolute atomic E-state index is 0.369. The third kappa shape index (κ3) is 4.34. The monoisotopic (exact) mass is 470 g/mol. The number of hydrogen-bond donors (Lipinski definition) is 0. The second-order valence-corrected chi connectivity index (χ2v) is 16.9. The minimum Gasteiger partial charge on any atom is -0.380 e. The standard InChI is InChI=1S/C32H42OSi/c1-22(2)34(23(3)4,24(5)6)18-17-29-30-20-31(28-16-12-11-15-27(28)30)32(29)26(21-33-7)19-25-13-9-8-10-14-25/h8-16,19,22-24,29-32H,20-21H2,1-7H3/b26-19+/t29?,30-,31+,32?/m0/s1. The zero-order valence-electron chi connectivity index (χ0n) is 22.1. The van der Waals surface area contributed by atoms with Gasteiger partial charge in [-0.05, 0) is 57.1 Å². The van der Waals surface area contributed by atoms with Gasteiger partial charge in [-0.15, -0.1) is 11.5 Å². The van der Waals surface area contributed by atoms with E-state index in [1.807, 2.05) is 7.11 Å². The largest absolute Gasteiger partial charge is 0.380 e. The summed E-state index contributed by atoms with van der Waals surface area (Å²) < 4.78 is 5.78. The van der Waals surface area contributed by atoms with Crippen LogP contribution in [0.1, 0.15) is 76.5 Å². The van der Waals surface area contributed by atoms with Gasteiger partial charge in [0.1, 0.15) is 8.07 Å². The van der Waals surface area contributed by atoms with E-state index in [0.29, 0.717) is 46.9 Å². The Hall–Kier alpha value is -2.08. The summed E-state index contributed by atoms with van der Waals surface area (Å²) in [6.07, 6.45) is 3.60. The smallest absolute Gasteiger partial charge is 0.145 e. The molecule has 0 radical (unpaired) electrons. The highest BCUT2D eigenvalue weighted by atomic mass is 28.3. The van der Waals surface area contributed by atoms with E-state index in [2.05, 4.69) is 114 Å². The predicted octanol–water partition coefficient (Wildman–Crippen LogP) is 8.45. The molecule has 34 heavy (non-hydrogen) atoms. The van der Waals surface area contributed by atoms with Crippen LogP contribution in [0.5, 0.6) is 0 Å². The van der Waals surface area contributed by atoms with Crippen LogP contribution >= 0.6 is 0 Å². The van der Waals surface area contributed by atoms with Crippen molar-refractivity contribution >= 4 is 14.1 Å². The molecule has 0 heterocycles. The molecule has 0 spiro atoms. The van der Waals surface area contributed by atoms with Crippen molar-refractivity contribution in [2.75, 3.05) is 13.7 Å². The first-order chi connectivity index (χ1) is 16.3. The number of rotatable bonds is 7. The Morgan fingerprint density at radius 2 is 1.44 bits per heavy atom. The SMILES string of the molecule is COC/C(=C\c1ccccc1)C1C(C#C[Si](C(C)C)(C(C)C)C(C)C)[C@H]2C[C@@H]1c1ccccc12. The lowest BCUT2D eigenvalue weighted by atomic mass is 9.72. The van der Waals surface area contributed by atoms with Crippen molar-refractivity contribution in [3.63, 3.8) is 0 Å². The van der Waals surface area contributed by atoms with Crippen LogP contribution in [0.4, 0.5) is 0 Å². The van der Waals surface area contributed by atoms with E-state index >= 15 is 0 Å². The fraction of sp³-hybridized carbons (Fsp3) is 0.500. The Morgan fingerprint density at radius 3 is 2.00 bits per heavy atom. The molecule has 2 aliphatic rings. The molecule has 2 aliphatic carbocycles. The van der Waals surface area contributed by atoms with Gasteiger partial charge in [0.25, 0.3) is 0 Å². The van der Waals surface area contributed by atoms with Crippen LogP contribution in [0, 0.1) is 23.3 Å². The molecule has 1 fully saturated rings. The molecule has 1 nitrogen and oxygen atoms in total. The van der Waals surface area contributed by atoms with Crippen molar-refractivity contribution in [3.8, 4) is 11.5 Å². The van der Waals surface area contributed by atoms with Gasteiger partial charge >= 0.3 is 0 Å². The molecular formula is C32H42OSi. The Balaban J connectivity index is 1.84. The fourth-order valence-corrected chi connectivity index (χ4v) is 12.7. The molecule has 2 bridgehead atoms. The molecule has 0 N–H and O–H groups in total. The lowest BCUT2D eigenvalue weighted by Crippen LogP contribution is -2.43. The van der Waals surface area contributed by atoms with Gasteiger partial charge in [-0.2, -0.15) is 0 Å². The van der Waals surface area contributed by atoms with Gasteiger partial charge < -0.3 is 4.74 Å². The molecule has 0 saturated heterocycles. The molecule has 2 aromatic carbocycles. The van der Waals surface area contributed by atoms with Gasteiger partial charge in [-0.1, -0.05) is 102 Å². The summed E-state index contributed by atoms with van der Waals surface area (Å²) in [7, 11) is 0.0452. The van der Waals surface area contributed by atoms with E-state index < -0.39 is 8.07 Å². The Kier molecular flexibility index (Phi) is 7.56.